The summed E-state index contributed by atoms with van der Waals surface area (Å²) in [7, 11) is 2.64. The predicted molar refractivity (Wildman–Crippen MR) is 89.4 cm³/mol. The zero-order valence-electron chi connectivity index (χ0n) is 13.9. The smallest absolute Gasteiger partial charge is 0.329 e. The average Bonchev–Trinajstić information content (AvgIpc) is 2.64. The van der Waals surface area contributed by atoms with Gasteiger partial charge in [-0.25, -0.2) is 8.78 Å². The van der Waals surface area contributed by atoms with Gasteiger partial charge in [0.25, 0.3) is 0 Å². The van der Waals surface area contributed by atoms with Crippen LogP contribution in [0.5, 0.6) is 11.5 Å². The first-order chi connectivity index (χ1) is 12.4. The molecule has 0 aliphatic rings. The molecule has 138 valence electrons. The fraction of sp³-hybridized carbons (Fsp3) is 0.125. The molecule has 0 aliphatic carbocycles. The van der Waals surface area contributed by atoms with E-state index in [0.717, 1.165) is 12.1 Å². The van der Waals surface area contributed by atoms with Gasteiger partial charge in [-0.3, -0.25) is 31.3 Å². The third kappa shape index (κ3) is 4.72. The highest BCUT2D eigenvalue weighted by Crippen LogP contribution is 2.20. The minimum absolute atomic E-state index is 0.0375. The summed E-state index contributed by atoms with van der Waals surface area (Å²) in [4.78, 5) is 23.3. The molecule has 10 heteroatoms. The Kier molecular flexibility index (Phi) is 6.15. The summed E-state index contributed by atoms with van der Waals surface area (Å²) in [6, 6.07) is 7.75. The van der Waals surface area contributed by atoms with E-state index in [0.29, 0.717) is 0 Å². The summed E-state index contributed by atoms with van der Waals surface area (Å²) < 4.78 is 36.6. The van der Waals surface area contributed by atoms with Crippen molar-refractivity contribution in [3.8, 4) is 11.5 Å². The largest absolute Gasteiger partial charge is 0.494 e. The van der Waals surface area contributed by atoms with E-state index in [4.69, 9.17) is 9.47 Å². The Balaban J connectivity index is 1.85. The van der Waals surface area contributed by atoms with E-state index >= 15 is 0 Å². The Labute approximate surface area is 147 Å². The molecule has 2 rings (SSSR count). The summed E-state index contributed by atoms with van der Waals surface area (Å²) in [5.74, 6) is -3.31. The van der Waals surface area contributed by atoms with Crippen LogP contribution in [0.2, 0.25) is 0 Å². The lowest BCUT2D eigenvalue weighted by Gasteiger charge is -2.11. The van der Waals surface area contributed by atoms with Gasteiger partial charge in [-0.05, 0) is 24.3 Å². The number of methoxy groups -OCH3 is 2. The number of carbonyl (C=O) groups is 2. The molecule has 2 aromatic rings. The Hall–Kier alpha value is -3.56. The lowest BCUT2D eigenvalue weighted by molar-refractivity contribution is -0.138. The number of anilines is 2. The number of hydrogen-bond donors (Lipinski definition) is 4. The summed E-state index contributed by atoms with van der Waals surface area (Å²) in [5.41, 5.74) is 9.34. The predicted octanol–water partition coefficient (Wildman–Crippen LogP) is 1.57. The second-order valence-corrected chi connectivity index (χ2v) is 4.86. The maximum atomic E-state index is 13.5. The van der Waals surface area contributed by atoms with Gasteiger partial charge < -0.3 is 9.47 Å². The highest BCUT2D eigenvalue weighted by molar-refractivity contribution is 6.35. The second kappa shape index (κ2) is 8.51. The van der Waals surface area contributed by atoms with Crippen LogP contribution < -0.4 is 31.2 Å². The van der Waals surface area contributed by atoms with Crippen LogP contribution in [0.3, 0.4) is 0 Å². The van der Waals surface area contributed by atoms with Crippen molar-refractivity contribution in [3.63, 3.8) is 0 Å². The van der Waals surface area contributed by atoms with E-state index < -0.39 is 23.4 Å². The van der Waals surface area contributed by atoms with Crippen molar-refractivity contribution in [1.29, 1.82) is 0 Å². The fourth-order valence-electron chi connectivity index (χ4n) is 1.86. The molecule has 2 aromatic carbocycles. The van der Waals surface area contributed by atoms with Crippen molar-refractivity contribution < 1.29 is 27.8 Å². The van der Waals surface area contributed by atoms with Gasteiger partial charge in [-0.2, -0.15) is 0 Å². The van der Waals surface area contributed by atoms with E-state index in [1.807, 2.05) is 0 Å². The molecule has 8 nitrogen and oxygen atoms in total. The number of halogens is 2. The Bertz CT molecular complexity index is 749. The molecule has 0 fully saturated rings. The van der Waals surface area contributed by atoms with Crippen LogP contribution in [0.4, 0.5) is 20.2 Å². The molecule has 0 aromatic heterocycles. The number of hydrazine groups is 2. The molecule has 0 saturated heterocycles. The Morgan fingerprint density at radius 1 is 0.769 bits per heavy atom. The molecule has 0 atom stereocenters. The number of rotatable bonds is 6. The quantitative estimate of drug-likeness (QED) is 0.457. The molecule has 0 spiro atoms. The Morgan fingerprint density at radius 3 is 1.46 bits per heavy atom. The lowest BCUT2D eigenvalue weighted by Crippen LogP contribution is -2.44. The Morgan fingerprint density at radius 2 is 1.15 bits per heavy atom. The van der Waals surface area contributed by atoms with E-state index in [-0.39, 0.29) is 22.9 Å². The number of nitrogens with one attached hydrogen (secondary N) is 4. The lowest BCUT2D eigenvalue weighted by atomic mass is 10.3. The summed E-state index contributed by atoms with van der Waals surface area (Å²) in [5, 5.41) is 0. The second-order valence-electron chi connectivity index (χ2n) is 4.86. The maximum Gasteiger partial charge on any atom is 0.329 e. The first-order valence-corrected chi connectivity index (χ1v) is 7.24. The van der Waals surface area contributed by atoms with Gasteiger partial charge in [0.15, 0.2) is 23.1 Å². The molecular formula is C16H16F2N4O4. The average molecular weight is 366 g/mol. The number of benzene rings is 2. The van der Waals surface area contributed by atoms with Crippen molar-refractivity contribution in [2.45, 2.75) is 0 Å². The molecule has 0 radical (unpaired) electrons. The SMILES string of the molecule is COc1ccc(NNC(=O)C(=O)NNc2ccc(OC)c(F)c2)cc1F. The first-order valence-electron chi connectivity index (χ1n) is 7.24. The van der Waals surface area contributed by atoms with Crippen LogP contribution in [0.25, 0.3) is 0 Å². The van der Waals surface area contributed by atoms with Crippen molar-refractivity contribution in [1.82, 2.24) is 10.9 Å². The molecule has 2 amide bonds. The highest BCUT2D eigenvalue weighted by atomic mass is 19.1. The molecule has 4 N–H and O–H groups in total. The van der Waals surface area contributed by atoms with Crippen molar-refractivity contribution in [3.05, 3.63) is 48.0 Å². The molecule has 26 heavy (non-hydrogen) atoms. The van der Waals surface area contributed by atoms with Gasteiger partial charge in [0, 0.05) is 12.1 Å². The maximum absolute atomic E-state index is 13.5. The summed E-state index contributed by atoms with van der Waals surface area (Å²) >= 11 is 0. The number of carbonyl (C=O) groups excluding carboxylic acids is 2. The van der Waals surface area contributed by atoms with Gasteiger partial charge in [-0.15, -0.1) is 0 Å². The van der Waals surface area contributed by atoms with Gasteiger partial charge >= 0.3 is 11.8 Å². The molecule has 0 saturated carbocycles. The van der Waals surface area contributed by atoms with E-state index in [9.17, 15) is 18.4 Å². The van der Waals surface area contributed by atoms with Crippen LogP contribution in [0.15, 0.2) is 36.4 Å². The van der Waals surface area contributed by atoms with E-state index in [1.54, 1.807) is 0 Å². The van der Waals surface area contributed by atoms with E-state index in [2.05, 4.69) is 21.7 Å². The topological polar surface area (TPSA) is 101 Å². The van der Waals surface area contributed by atoms with Gasteiger partial charge in [0.1, 0.15) is 0 Å². The van der Waals surface area contributed by atoms with Gasteiger partial charge in [0.05, 0.1) is 25.6 Å². The van der Waals surface area contributed by atoms with Crippen LogP contribution in [-0.4, -0.2) is 26.0 Å². The van der Waals surface area contributed by atoms with Gasteiger partial charge in [0.2, 0.25) is 0 Å². The van der Waals surface area contributed by atoms with Crippen LogP contribution in [0.1, 0.15) is 0 Å². The number of ether oxygens (including phenoxy) is 2. The molecule has 0 bridgehead atoms. The minimum Gasteiger partial charge on any atom is -0.494 e. The summed E-state index contributed by atoms with van der Waals surface area (Å²) in [6.07, 6.45) is 0. The molecule has 0 heterocycles. The number of amides is 2. The molecule has 0 unspecified atom stereocenters. The standard InChI is InChI=1S/C16H16F2N4O4/c1-25-13-5-3-9(7-11(13)17)19-21-15(23)16(24)22-20-10-4-6-14(26-2)12(18)8-10/h3-8,19-20H,1-2H3,(H,21,23)(H,22,24). The van der Waals surface area contributed by atoms with E-state index in [1.165, 1.54) is 38.5 Å². The van der Waals surface area contributed by atoms with Crippen LogP contribution >= 0.6 is 0 Å². The van der Waals surface area contributed by atoms with Gasteiger partial charge in [-0.1, -0.05) is 0 Å². The first kappa shape index (κ1) is 18.8. The fourth-order valence-corrected chi connectivity index (χ4v) is 1.86. The van der Waals surface area contributed by atoms with Crippen molar-refractivity contribution >= 4 is 23.2 Å². The van der Waals surface area contributed by atoms with Crippen molar-refractivity contribution in [2.24, 2.45) is 0 Å². The monoisotopic (exact) mass is 366 g/mol. The van der Waals surface area contributed by atoms with Crippen LogP contribution in [0, 0.1) is 11.6 Å². The molecule has 0 aliphatic heterocycles. The third-order valence-corrected chi connectivity index (χ3v) is 3.15. The zero-order chi connectivity index (χ0) is 19.1. The third-order valence-electron chi connectivity index (χ3n) is 3.15. The van der Waals surface area contributed by atoms with Crippen molar-refractivity contribution in [2.75, 3.05) is 25.1 Å². The number of hydrogen-bond acceptors (Lipinski definition) is 6. The highest BCUT2D eigenvalue weighted by Gasteiger charge is 2.13. The normalized spacial score (nSPS) is 9.85. The minimum atomic E-state index is -1.05. The molecular weight excluding hydrogens is 350 g/mol. The zero-order valence-corrected chi connectivity index (χ0v) is 13.9. The summed E-state index contributed by atoms with van der Waals surface area (Å²) in [6.45, 7) is 0. The van der Waals surface area contributed by atoms with Crippen LogP contribution in [-0.2, 0) is 9.59 Å².